The van der Waals surface area contributed by atoms with Crippen molar-refractivity contribution < 1.29 is 9.59 Å². The molecule has 0 spiro atoms. The van der Waals surface area contributed by atoms with E-state index in [1.807, 2.05) is 10.8 Å². The molecule has 0 saturated heterocycles. The predicted octanol–water partition coefficient (Wildman–Crippen LogP) is 2.82. The number of imidazole rings is 1. The molecule has 1 heterocycles. The first kappa shape index (κ1) is 19.5. The lowest BCUT2D eigenvalue weighted by atomic mass is 9.86. The second-order valence-electron chi connectivity index (χ2n) is 7.52. The van der Waals surface area contributed by atoms with E-state index in [4.69, 9.17) is 0 Å². The number of urea groups is 1. The van der Waals surface area contributed by atoms with Crippen molar-refractivity contribution in [2.75, 3.05) is 19.4 Å². The fourth-order valence-corrected chi connectivity index (χ4v) is 2.48. The van der Waals surface area contributed by atoms with E-state index in [-0.39, 0.29) is 23.4 Å². The lowest BCUT2D eigenvalue weighted by molar-refractivity contribution is 0.0828. The largest absolute Gasteiger partial charge is 0.345 e. The summed E-state index contributed by atoms with van der Waals surface area (Å²) < 4.78 is 1.93. The number of anilines is 1. The summed E-state index contributed by atoms with van der Waals surface area (Å²) >= 11 is 0. The Labute approximate surface area is 154 Å². The van der Waals surface area contributed by atoms with E-state index in [1.54, 1.807) is 50.9 Å². The molecule has 0 saturated carbocycles. The number of nitrogens with zero attached hydrogens (tertiary/aromatic N) is 3. The number of carbonyl (C=O) groups excluding carboxylic acids is 2. The molecule has 7 nitrogen and oxygen atoms in total. The maximum absolute atomic E-state index is 12.6. The standard InChI is InChI=1S/C19H27N5O2/c1-19(2,3)16(12-24-11-10-20-13-24)22-18(26)21-15-9-7-6-8-14(15)17(25)23(4)5/h6-11,13,16H,12H2,1-5H3,(H2,21,22,26). The Hall–Kier alpha value is -2.83. The van der Waals surface area contributed by atoms with Crippen LogP contribution in [0.2, 0.25) is 0 Å². The number of aromatic nitrogens is 2. The minimum atomic E-state index is -0.343. The molecule has 140 valence electrons. The van der Waals surface area contributed by atoms with Gasteiger partial charge < -0.3 is 20.1 Å². The molecule has 1 unspecified atom stereocenters. The van der Waals surface area contributed by atoms with Gasteiger partial charge in [0.05, 0.1) is 23.6 Å². The van der Waals surface area contributed by atoms with Gasteiger partial charge in [0, 0.05) is 33.0 Å². The number of amides is 3. The molecule has 0 bridgehead atoms. The highest BCUT2D eigenvalue weighted by Crippen LogP contribution is 2.22. The fourth-order valence-electron chi connectivity index (χ4n) is 2.48. The summed E-state index contributed by atoms with van der Waals surface area (Å²) in [5.74, 6) is -0.160. The molecule has 0 radical (unpaired) electrons. The summed E-state index contributed by atoms with van der Waals surface area (Å²) in [4.78, 5) is 30.4. The molecule has 2 aromatic rings. The highest BCUT2D eigenvalue weighted by atomic mass is 16.2. The van der Waals surface area contributed by atoms with Gasteiger partial charge >= 0.3 is 6.03 Å². The average Bonchev–Trinajstić information content (AvgIpc) is 3.06. The van der Waals surface area contributed by atoms with Crippen molar-refractivity contribution in [2.45, 2.75) is 33.4 Å². The molecule has 2 N–H and O–H groups in total. The summed E-state index contributed by atoms with van der Waals surface area (Å²) in [5.41, 5.74) is 0.786. The van der Waals surface area contributed by atoms with Gasteiger partial charge in [-0.25, -0.2) is 9.78 Å². The van der Waals surface area contributed by atoms with Gasteiger partial charge in [0.15, 0.2) is 0 Å². The molecule has 3 amide bonds. The number of benzene rings is 1. The van der Waals surface area contributed by atoms with Gasteiger partial charge in [0.2, 0.25) is 0 Å². The Morgan fingerprint density at radius 1 is 1.23 bits per heavy atom. The Bertz CT molecular complexity index is 748. The molecule has 0 aliphatic heterocycles. The summed E-state index contributed by atoms with van der Waals surface area (Å²) in [6.07, 6.45) is 5.30. The van der Waals surface area contributed by atoms with Crippen LogP contribution in [0.3, 0.4) is 0 Å². The third-order valence-corrected chi connectivity index (χ3v) is 4.12. The van der Waals surface area contributed by atoms with Crippen molar-refractivity contribution in [1.29, 1.82) is 0 Å². The predicted molar refractivity (Wildman–Crippen MR) is 102 cm³/mol. The van der Waals surface area contributed by atoms with Gasteiger partial charge in [0.25, 0.3) is 5.91 Å². The molecule has 0 aliphatic rings. The first-order chi connectivity index (χ1) is 12.2. The summed E-state index contributed by atoms with van der Waals surface area (Å²) in [6.45, 7) is 6.81. The molecular weight excluding hydrogens is 330 g/mol. The molecule has 0 fully saturated rings. The molecule has 7 heteroatoms. The van der Waals surface area contributed by atoms with Gasteiger partial charge in [-0.15, -0.1) is 0 Å². The smallest absolute Gasteiger partial charge is 0.319 e. The molecule has 26 heavy (non-hydrogen) atoms. The first-order valence-electron chi connectivity index (χ1n) is 8.52. The quantitative estimate of drug-likeness (QED) is 0.863. The van der Waals surface area contributed by atoms with Crippen LogP contribution in [0.5, 0.6) is 0 Å². The Balaban J connectivity index is 2.12. The maximum Gasteiger partial charge on any atom is 0.319 e. The highest BCUT2D eigenvalue weighted by molar-refractivity contribution is 6.03. The summed E-state index contributed by atoms with van der Waals surface area (Å²) in [6, 6.07) is 6.52. The van der Waals surface area contributed by atoms with E-state index in [2.05, 4.69) is 36.4 Å². The van der Waals surface area contributed by atoms with Crippen LogP contribution in [0.15, 0.2) is 43.0 Å². The van der Waals surface area contributed by atoms with Crippen LogP contribution in [0.4, 0.5) is 10.5 Å². The van der Waals surface area contributed by atoms with Crippen LogP contribution in [-0.2, 0) is 6.54 Å². The maximum atomic E-state index is 12.6. The van der Waals surface area contributed by atoms with Crippen LogP contribution >= 0.6 is 0 Å². The summed E-state index contributed by atoms with van der Waals surface area (Å²) in [7, 11) is 3.36. The van der Waals surface area contributed by atoms with Gasteiger partial charge in [-0.1, -0.05) is 32.9 Å². The topological polar surface area (TPSA) is 79.3 Å². The van der Waals surface area contributed by atoms with E-state index in [9.17, 15) is 9.59 Å². The second kappa shape index (κ2) is 8.03. The number of rotatable bonds is 5. The average molecular weight is 357 g/mol. The van der Waals surface area contributed by atoms with Crippen molar-refractivity contribution in [1.82, 2.24) is 19.8 Å². The van der Waals surface area contributed by atoms with Crippen LogP contribution in [-0.4, -0.2) is 46.5 Å². The fraction of sp³-hybridized carbons (Fsp3) is 0.421. The SMILES string of the molecule is CN(C)C(=O)c1ccccc1NC(=O)NC(Cn1ccnc1)C(C)(C)C. The van der Waals surface area contributed by atoms with Crippen molar-refractivity contribution in [3.8, 4) is 0 Å². The van der Waals surface area contributed by atoms with Crippen LogP contribution in [0, 0.1) is 5.41 Å². The second-order valence-corrected chi connectivity index (χ2v) is 7.52. The lowest BCUT2D eigenvalue weighted by Gasteiger charge is -2.32. The first-order valence-corrected chi connectivity index (χ1v) is 8.52. The summed E-state index contributed by atoms with van der Waals surface area (Å²) in [5, 5.41) is 5.82. The zero-order valence-electron chi connectivity index (χ0n) is 16.0. The van der Waals surface area contributed by atoms with Gasteiger partial charge in [-0.05, 0) is 17.5 Å². The zero-order valence-corrected chi connectivity index (χ0v) is 16.0. The van der Waals surface area contributed by atoms with Crippen molar-refractivity contribution in [3.63, 3.8) is 0 Å². The van der Waals surface area contributed by atoms with Gasteiger partial charge in [0.1, 0.15) is 0 Å². The number of hydrogen-bond acceptors (Lipinski definition) is 3. The van der Waals surface area contributed by atoms with Crippen molar-refractivity contribution in [3.05, 3.63) is 48.5 Å². The number of para-hydroxylation sites is 1. The monoisotopic (exact) mass is 357 g/mol. The Morgan fingerprint density at radius 2 is 1.92 bits per heavy atom. The third-order valence-electron chi connectivity index (χ3n) is 4.12. The minimum absolute atomic E-state index is 0.117. The molecule has 0 aliphatic carbocycles. The van der Waals surface area contributed by atoms with E-state index >= 15 is 0 Å². The van der Waals surface area contributed by atoms with E-state index < -0.39 is 0 Å². The minimum Gasteiger partial charge on any atom is -0.345 e. The van der Waals surface area contributed by atoms with Gasteiger partial charge in [-0.2, -0.15) is 0 Å². The molecule has 2 rings (SSSR count). The van der Waals surface area contributed by atoms with E-state index in [0.717, 1.165) is 0 Å². The van der Waals surface area contributed by atoms with E-state index in [1.165, 1.54) is 4.90 Å². The molecule has 1 aromatic carbocycles. The number of hydrogen-bond donors (Lipinski definition) is 2. The van der Waals surface area contributed by atoms with Crippen LogP contribution in [0.1, 0.15) is 31.1 Å². The number of carbonyl (C=O) groups is 2. The molecule has 1 aromatic heterocycles. The van der Waals surface area contributed by atoms with Gasteiger partial charge in [-0.3, -0.25) is 4.79 Å². The Morgan fingerprint density at radius 3 is 2.50 bits per heavy atom. The van der Waals surface area contributed by atoms with Crippen LogP contribution < -0.4 is 10.6 Å². The molecular formula is C19H27N5O2. The Kier molecular flexibility index (Phi) is 6.02. The zero-order chi connectivity index (χ0) is 19.3. The van der Waals surface area contributed by atoms with Crippen LogP contribution in [0.25, 0.3) is 0 Å². The highest BCUT2D eigenvalue weighted by Gasteiger charge is 2.27. The van der Waals surface area contributed by atoms with Crippen molar-refractivity contribution in [2.24, 2.45) is 5.41 Å². The molecule has 1 atom stereocenters. The number of nitrogens with one attached hydrogen (secondary N) is 2. The van der Waals surface area contributed by atoms with Crippen molar-refractivity contribution >= 4 is 17.6 Å². The lowest BCUT2D eigenvalue weighted by Crippen LogP contribution is -2.48. The van der Waals surface area contributed by atoms with E-state index in [0.29, 0.717) is 17.8 Å². The normalized spacial score (nSPS) is 12.3. The third kappa shape index (κ3) is 5.08.